The Balaban J connectivity index is 1.72. The standard InChI is InChI=1S/C22H20BrNO6S/c1-3-29-20(25)12-24-21(26)19(31-22(24)27)11-15-6-9-17(18(10-15)28-2)30-13-14-4-7-16(23)8-5-14/h4-11H,3,12-13H2,1-2H3/b19-11+. The number of rotatable bonds is 8. The minimum absolute atomic E-state index is 0.181. The number of carbonyl (C=O) groups excluding carboxylic acids is 3. The average Bonchev–Trinajstić information content (AvgIpc) is 3.01. The van der Waals surface area contributed by atoms with Crippen LogP contribution in [0.2, 0.25) is 0 Å². The lowest BCUT2D eigenvalue weighted by Crippen LogP contribution is -2.34. The van der Waals surface area contributed by atoms with Gasteiger partial charge in [0, 0.05) is 4.47 Å². The van der Waals surface area contributed by atoms with Crippen LogP contribution in [0.1, 0.15) is 18.1 Å². The van der Waals surface area contributed by atoms with Crippen molar-refractivity contribution in [3.8, 4) is 11.5 Å². The maximum Gasteiger partial charge on any atom is 0.326 e. The van der Waals surface area contributed by atoms with Crippen molar-refractivity contribution in [2.75, 3.05) is 20.3 Å². The Bertz CT molecular complexity index is 1020. The van der Waals surface area contributed by atoms with Crippen molar-refractivity contribution >= 4 is 50.9 Å². The molecule has 7 nitrogen and oxygen atoms in total. The van der Waals surface area contributed by atoms with E-state index in [1.807, 2.05) is 24.3 Å². The maximum absolute atomic E-state index is 12.5. The minimum atomic E-state index is -0.625. The van der Waals surface area contributed by atoms with E-state index in [1.54, 1.807) is 31.2 Å². The lowest BCUT2D eigenvalue weighted by Gasteiger charge is -2.12. The molecule has 0 spiro atoms. The van der Waals surface area contributed by atoms with Crippen LogP contribution in [0.4, 0.5) is 4.79 Å². The van der Waals surface area contributed by atoms with Crippen molar-refractivity contribution < 1.29 is 28.6 Å². The van der Waals surface area contributed by atoms with Crippen LogP contribution in [0, 0.1) is 0 Å². The number of esters is 1. The largest absolute Gasteiger partial charge is 0.493 e. The Morgan fingerprint density at radius 3 is 2.55 bits per heavy atom. The number of nitrogens with zero attached hydrogens (tertiary/aromatic N) is 1. The molecule has 1 aliphatic rings. The fourth-order valence-electron chi connectivity index (χ4n) is 2.76. The molecule has 0 saturated carbocycles. The fourth-order valence-corrected chi connectivity index (χ4v) is 3.86. The second-order valence-electron chi connectivity index (χ2n) is 6.40. The highest BCUT2D eigenvalue weighted by molar-refractivity contribution is 9.10. The summed E-state index contributed by atoms with van der Waals surface area (Å²) >= 11 is 4.18. The molecule has 0 bridgehead atoms. The molecule has 1 saturated heterocycles. The van der Waals surface area contributed by atoms with Gasteiger partial charge in [-0.1, -0.05) is 34.1 Å². The first-order chi connectivity index (χ1) is 14.9. The molecule has 0 N–H and O–H groups in total. The summed E-state index contributed by atoms with van der Waals surface area (Å²) in [5.41, 5.74) is 1.67. The van der Waals surface area contributed by atoms with Crippen molar-refractivity contribution in [1.82, 2.24) is 4.90 Å². The molecule has 31 heavy (non-hydrogen) atoms. The van der Waals surface area contributed by atoms with Crippen molar-refractivity contribution in [2.24, 2.45) is 0 Å². The van der Waals surface area contributed by atoms with Crippen LogP contribution in [0.3, 0.4) is 0 Å². The number of hydrogen-bond donors (Lipinski definition) is 0. The third-order valence-corrected chi connectivity index (χ3v) is 5.70. The lowest BCUT2D eigenvalue weighted by molar-refractivity contribution is -0.145. The summed E-state index contributed by atoms with van der Waals surface area (Å²) < 4.78 is 17.1. The maximum atomic E-state index is 12.5. The van der Waals surface area contributed by atoms with E-state index in [-0.39, 0.29) is 11.5 Å². The monoisotopic (exact) mass is 505 g/mol. The molecule has 162 valence electrons. The molecular weight excluding hydrogens is 486 g/mol. The summed E-state index contributed by atoms with van der Waals surface area (Å²) in [6.07, 6.45) is 1.58. The summed E-state index contributed by atoms with van der Waals surface area (Å²) in [5, 5.41) is -0.509. The highest BCUT2D eigenvalue weighted by Gasteiger charge is 2.36. The molecule has 0 aromatic heterocycles. The van der Waals surface area contributed by atoms with E-state index in [4.69, 9.17) is 14.2 Å². The molecule has 1 aliphatic heterocycles. The number of ether oxygens (including phenoxy) is 3. The summed E-state index contributed by atoms with van der Waals surface area (Å²) in [6, 6.07) is 13.0. The predicted octanol–water partition coefficient (Wildman–Crippen LogP) is 4.64. The first kappa shape index (κ1) is 22.9. The van der Waals surface area contributed by atoms with Crippen molar-refractivity contribution in [2.45, 2.75) is 13.5 Å². The van der Waals surface area contributed by atoms with Crippen LogP contribution in [0.5, 0.6) is 11.5 Å². The van der Waals surface area contributed by atoms with Gasteiger partial charge in [-0.15, -0.1) is 0 Å². The van der Waals surface area contributed by atoms with E-state index in [1.165, 1.54) is 7.11 Å². The number of methoxy groups -OCH3 is 1. The van der Waals surface area contributed by atoms with E-state index in [0.29, 0.717) is 23.7 Å². The van der Waals surface area contributed by atoms with E-state index in [0.717, 1.165) is 26.7 Å². The van der Waals surface area contributed by atoms with Gasteiger partial charge in [-0.05, 0) is 60.2 Å². The van der Waals surface area contributed by atoms with Crippen LogP contribution in [-0.2, 0) is 20.9 Å². The van der Waals surface area contributed by atoms with Gasteiger partial charge in [-0.25, -0.2) is 0 Å². The third kappa shape index (κ3) is 5.89. The Morgan fingerprint density at radius 2 is 1.87 bits per heavy atom. The van der Waals surface area contributed by atoms with Gasteiger partial charge in [0.05, 0.1) is 18.6 Å². The second kappa shape index (κ2) is 10.5. The molecule has 0 atom stereocenters. The quantitative estimate of drug-likeness (QED) is 0.381. The van der Waals surface area contributed by atoms with Gasteiger partial charge < -0.3 is 14.2 Å². The molecule has 9 heteroatoms. The van der Waals surface area contributed by atoms with Gasteiger partial charge in [0.25, 0.3) is 11.1 Å². The molecule has 0 radical (unpaired) electrons. The van der Waals surface area contributed by atoms with Crippen molar-refractivity contribution in [1.29, 1.82) is 0 Å². The highest BCUT2D eigenvalue weighted by Crippen LogP contribution is 2.34. The van der Waals surface area contributed by atoms with Crippen LogP contribution in [0.25, 0.3) is 6.08 Å². The number of imide groups is 1. The molecule has 1 fully saturated rings. The number of carbonyl (C=O) groups is 3. The Labute approximate surface area is 192 Å². The van der Waals surface area contributed by atoms with Crippen LogP contribution in [0.15, 0.2) is 51.8 Å². The van der Waals surface area contributed by atoms with Gasteiger partial charge in [-0.2, -0.15) is 0 Å². The number of thioether (sulfide) groups is 1. The van der Waals surface area contributed by atoms with Gasteiger partial charge in [0.15, 0.2) is 11.5 Å². The summed E-state index contributed by atoms with van der Waals surface area (Å²) in [7, 11) is 1.53. The Morgan fingerprint density at radius 1 is 1.13 bits per heavy atom. The van der Waals surface area contributed by atoms with E-state index in [2.05, 4.69) is 15.9 Å². The van der Waals surface area contributed by atoms with Gasteiger partial charge >= 0.3 is 5.97 Å². The summed E-state index contributed by atoms with van der Waals surface area (Å²) in [6.45, 7) is 1.81. The SMILES string of the molecule is CCOC(=O)CN1C(=O)S/C(=C/c2ccc(OCc3ccc(Br)cc3)c(OC)c2)C1=O. The van der Waals surface area contributed by atoms with E-state index >= 15 is 0 Å². The zero-order valence-corrected chi connectivity index (χ0v) is 19.3. The molecule has 2 aromatic rings. The number of hydrogen-bond acceptors (Lipinski definition) is 7. The van der Waals surface area contributed by atoms with Crippen LogP contribution < -0.4 is 9.47 Å². The van der Waals surface area contributed by atoms with Gasteiger partial charge in [0.2, 0.25) is 0 Å². The smallest absolute Gasteiger partial charge is 0.326 e. The average molecular weight is 506 g/mol. The third-order valence-electron chi connectivity index (χ3n) is 4.26. The number of benzene rings is 2. The zero-order valence-electron chi connectivity index (χ0n) is 16.9. The number of amides is 2. The van der Waals surface area contributed by atoms with Gasteiger partial charge in [-0.3, -0.25) is 19.3 Å². The van der Waals surface area contributed by atoms with Crippen LogP contribution >= 0.6 is 27.7 Å². The lowest BCUT2D eigenvalue weighted by atomic mass is 10.1. The van der Waals surface area contributed by atoms with Crippen LogP contribution in [-0.4, -0.2) is 42.3 Å². The normalized spacial score (nSPS) is 14.8. The molecule has 0 unspecified atom stereocenters. The molecule has 1 heterocycles. The molecular formula is C22H20BrNO6S. The molecule has 3 rings (SSSR count). The highest BCUT2D eigenvalue weighted by atomic mass is 79.9. The fraction of sp³-hybridized carbons (Fsp3) is 0.227. The predicted molar refractivity (Wildman–Crippen MR) is 121 cm³/mol. The van der Waals surface area contributed by atoms with E-state index < -0.39 is 23.7 Å². The summed E-state index contributed by atoms with van der Waals surface area (Å²) in [4.78, 5) is 37.4. The van der Waals surface area contributed by atoms with Gasteiger partial charge in [0.1, 0.15) is 13.2 Å². The first-order valence-electron chi connectivity index (χ1n) is 9.37. The molecule has 2 aromatic carbocycles. The Hall–Kier alpha value is -2.78. The first-order valence-corrected chi connectivity index (χ1v) is 11.0. The molecule has 0 aliphatic carbocycles. The topological polar surface area (TPSA) is 82.1 Å². The zero-order chi connectivity index (χ0) is 22.4. The van der Waals surface area contributed by atoms with E-state index in [9.17, 15) is 14.4 Å². The summed E-state index contributed by atoms with van der Waals surface area (Å²) in [5.74, 6) is -0.104. The minimum Gasteiger partial charge on any atom is -0.493 e. The molecule has 2 amide bonds. The Kier molecular flexibility index (Phi) is 7.75. The number of halogens is 1. The van der Waals surface area contributed by atoms with Crippen molar-refractivity contribution in [3.63, 3.8) is 0 Å². The van der Waals surface area contributed by atoms with Crippen molar-refractivity contribution in [3.05, 3.63) is 63.0 Å². The second-order valence-corrected chi connectivity index (χ2v) is 8.31.